The van der Waals surface area contributed by atoms with E-state index in [0.717, 1.165) is 0 Å². The maximum atomic E-state index is 13.3. The van der Waals surface area contributed by atoms with E-state index < -0.39 is 5.82 Å². The normalized spacial score (nSPS) is 9.62. The quantitative estimate of drug-likeness (QED) is 0.855. The zero-order valence-electron chi connectivity index (χ0n) is 11.4. The van der Waals surface area contributed by atoms with Crippen molar-refractivity contribution in [2.75, 3.05) is 0 Å². The monoisotopic (exact) mass is 288 g/mol. The Hall–Kier alpha value is -2.81. The molecular weight excluding hydrogens is 275 g/mol. The van der Waals surface area contributed by atoms with Gasteiger partial charge >= 0.3 is 0 Å². The van der Waals surface area contributed by atoms with Gasteiger partial charge in [-0.1, -0.05) is 23.2 Å². The van der Waals surface area contributed by atoms with Gasteiger partial charge in [0.25, 0.3) is 5.91 Å². The molecule has 6 heteroatoms. The molecule has 1 amide bonds. The lowest BCUT2D eigenvalue weighted by Crippen LogP contribution is -2.20. The molecule has 0 aliphatic heterocycles. The van der Waals surface area contributed by atoms with E-state index in [1.807, 2.05) is 0 Å². The first kappa shape index (κ1) is 14.6. The van der Waals surface area contributed by atoms with Crippen LogP contribution in [0.3, 0.4) is 0 Å². The third kappa shape index (κ3) is 4.35. The van der Waals surface area contributed by atoms with Crippen LogP contribution >= 0.6 is 0 Å². The van der Waals surface area contributed by atoms with Gasteiger partial charge in [-0.05, 0) is 25.0 Å². The molecule has 0 saturated carbocycles. The fourth-order valence-electron chi connectivity index (χ4n) is 1.55. The minimum absolute atomic E-state index is 0.0522. The fourth-order valence-corrected chi connectivity index (χ4v) is 1.55. The van der Waals surface area contributed by atoms with E-state index in [2.05, 4.69) is 22.3 Å². The molecule has 0 saturated heterocycles. The van der Waals surface area contributed by atoms with Crippen molar-refractivity contribution in [3.05, 3.63) is 47.6 Å². The zero-order chi connectivity index (χ0) is 15.1. The summed E-state index contributed by atoms with van der Waals surface area (Å²) in [6.07, 6.45) is 0. The van der Waals surface area contributed by atoms with E-state index in [1.54, 1.807) is 25.1 Å². The lowest BCUT2D eigenvalue weighted by Gasteiger charge is -2.03. The molecule has 0 atom stereocenters. The van der Waals surface area contributed by atoms with Crippen molar-refractivity contribution in [1.82, 2.24) is 10.5 Å². The van der Waals surface area contributed by atoms with Gasteiger partial charge < -0.3 is 14.6 Å². The van der Waals surface area contributed by atoms with Crippen LogP contribution in [0.25, 0.3) is 0 Å². The minimum atomic E-state index is -0.442. The van der Waals surface area contributed by atoms with Gasteiger partial charge in [-0.15, -0.1) is 0 Å². The van der Waals surface area contributed by atoms with Crippen LogP contribution in [0.4, 0.5) is 4.39 Å². The third-order valence-corrected chi connectivity index (χ3v) is 2.48. The van der Waals surface area contributed by atoms with E-state index in [0.29, 0.717) is 11.5 Å². The number of benzene rings is 1. The van der Waals surface area contributed by atoms with Crippen LogP contribution in [0, 0.1) is 17.7 Å². The lowest BCUT2D eigenvalue weighted by molar-refractivity contribution is -0.115. The van der Waals surface area contributed by atoms with Crippen LogP contribution < -0.4 is 10.1 Å². The van der Waals surface area contributed by atoms with Crippen LogP contribution in [0.15, 0.2) is 34.9 Å². The van der Waals surface area contributed by atoms with Crippen molar-refractivity contribution in [2.24, 2.45) is 0 Å². The fraction of sp³-hybridized carbons (Fsp3) is 0.200. The number of hydrogen-bond acceptors (Lipinski definition) is 4. The number of nitrogens with zero attached hydrogens (tertiary/aromatic N) is 1. The standard InChI is InChI=1S/C15H13FN2O3/c1-2-5-15(19)17-9-11-8-12(21-18-11)10-20-14-7-4-3-6-13(14)16/h3-4,6-8H,9-10H2,1H3,(H,17,19). The smallest absolute Gasteiger partial charge is 0.296 e. The van der Waals surface area contributed by atoms with Crippen LogP contribution in [0.5, 0.6) is 5.75 Å². The topological polar surface area (TPSA) is 64.4 Å². The number of para-hydroxylation sites is 1. The number of halogens is 1. The maximum Gasteiger partial charge on any atom is 0.296 e. The van der Waals surface area contributed by atoms with Crippen molar-refractivity contribution in [3.63, 3.8) is 0 Å². The van der Waals surface area contributed by atoms with Gasteiger partial charge in [0.1, 0.15) is 12.3 Å². The first-order chi connectivity index (χ1) is 10.2. The SMILES string of the molecule is CC#CC(=O)NCc1cc(COc2ccccc2F)on1. The van der Waals surface area contributed by atoms with Gasteiger partial charge in [0.15, 0.2) is 17.3 Å². The Bertz CT molecular complexity index is 685. The molecule has 0 fully saturated rings. The molecular formula is C15H13FN2O3. The Morgan fingerprint density at radius 1 is 1.48 bits per heavy atom. The largest absolute Gasteiger partial charge is 0.482 e. The summed E-state index contributed by atoms with van der Waals surface area (Å²) in [6.45, 7) is 1.83. The van der Waals surface area contributed by atoms with Crippen LogP contribution in [0.2, 0.25) is 0 Å². The number of carbonyl (C=O) groups excluding carboxylic acids is 1. The highest BCUT2D eigenvalue weighted by molar-refractivity contribution is 5.93. The highest BCUT2D eigenvalue weighted by Gasteiger charge is 2.07. The predicted molar refractivity (Wildman–Crippen MR) is 72.5 cm³/mol. The Kier molecular flexibility index (Phi) is 4.94. The molecule has 0 aliphatic rings. The highest BCUT2D eigenvalue weighted by Crippen LogP contribution is 2.17. The van der Waals surface area contributed by atoms with E-state index >= 15 is 0 Å². The molecule has 0 radical (unpaired) electrons. The second kappa shape index (κ2) is 7.10. The first-order valence-electron chi connectivity index (χ1n) is 6.21. The molecule has 21 heavy (non-hydrogen) atoms. The Morgan fingerprint density at radius 3 is 3.05 bits per heavy atom. The molecule has 0 spiro atoms. The van der Waals surface area contributed by atoms with Gasteiger partial charge in [0, 0.05) is 6.07 Å². The summed E-state index contributed by atoms with van der Waals surface area (Å²) in [5, 5.41) is 6.33. The number of aromatic nitrogens is 1. The summed E-state index contributed by atoms with van der Waals surface area (Å²) < 4.78 is 23.7. The van der Waals surface area contributed by atoms with Crippen LogP contribution in [-0.4, -0.2) is 11.1 Å². The predicted octanol–water partition coefficient (Wildman–Crippen LogP) is 2.03. The second-order valence-corrected chi connectivity index (χ2v) is 4.06. The van der Waals surface area contributed by atoms with Crippen molar-refractivity contribution in [3.8, 4) is 17.6 Å². The molecule has 108 valence electrons. The van der Waals surface area contributed by atoms with E-state index in [-0.39, 0.29) is 24.8 Å². The van der Waals surface area contributed by atoms with Crippen LogP contribution in [-0.2, 0) is 17.9 Å². The molecule has 2 rings (SSSR count). The summed E-state index contributed by atoms with van der Waals surface area (Å²) in [6, 6.07) is 7.72. The first-order valence-corrected chi connectivity index (χ1v) is 6.21. The Morgan fingerprint density at radius 2 is 2.29 bits per heavy atom. The van der Waals surface area contributed by atoms with Crippen molar-refractivity contribution < 1.29 is 18.4 Å². The molecule has 5 nitrogen and oxygen atoms in total. The van der Waals surface area contributed by atoms with Gasteiger partial charge in [-0.2, -0.15) is 0 Å². The third-order valence-electron chi connectivity index (χ3n) is 2.48. The van der Waals surface area contributed by atoms with E-state index in [9.17, 15) is 9.18 Å². The summed E-state index contributed by atoms with van der Waals surface area (Å²) in [5.41, 5.74) is 0.536. The van der Waals surface area contributed by atoms with Gasteiger partial charge in [-0.25, -0.2) is 4.39 Å². The number of ether oxygens (including phenoxy) is 1. The molecule has 1 aromatic heterocycles. The summed E-state index contributed by atoms with van der Waals surface area (Å²) in [5.74, 6) is 4.59. The average Bonchev–Trinajstić information content (AvgIpc) is 2.93. The Balaban J connectivity index is 1.87. The van der Waals surface area contributed by atoms with Crippen LogP contribution in [0.1, 0.15) is 18.4 Å². The van der Waals surface area contributed by atoms with E-state index in [4.69, 9.17) is 9.26 Å². The number of hydrogen-bond donors (Lipinski definition) is 1. The molecule has 1 N–H and O–H groups in total. The van der Waals surface area contributed by atoms with Gasteiger partial charge in [0.05, 0.1) is 6.54 Å². The average molecular weight is 288 g/mol. The van der Waals surface area contributed by atoms with E-state index in [1.165, 1.54) is 12.1 Å². The Labute approximate surface area is 121 Å². The highest BCUT2D eigenvalue weighted by atomic mass is 19.1. The molecule has 0 aliphatic carbocycles. The summed E-state index contributed by atoms with van der Waals surface area (Å²) in [4.78, 5) is 11.2. The maximum absolute atomic E-state index is 13.3. The summed E-state index contributed by atoms with van der Waals surface area (Å²) >= 11 is 0. The number of nitrogens with one attached hydrogen (secondary N) is 1. The van der Waals surface area contributed by atoms with Crippen molar-refractivity contribution in [1.29, 1.82) is 0 Å². The van der Waals surface area contributed by atoms with Gasteiger partial charge in [0.2, 0.25) is 0 Å². The molecule has 1 aromatic carbocycles. The molecule has 0 bridgehead atoms. The zero-order valence-corrected chi connectivity index (χ0v) is 11.4. The van der Waals surface area contributed by atoms with Gasteiger partial charge in [-0.3, -0.25) is 4.79 Å². The van der Waals surface area contributed by atoms with Crippen molar-refractivity contribution in [2.45, 2.75) is 20.1 Å². The number of rotatable bonds is 5. The minimum Gasteiger partial charge on any atom is -0.482 e. The molecule has 0 unspecified atom stereocenters. The molecule has 1 heterocycles. The number of carbonyl (C=O) groups is 1. The molecule has 2 aromatic rings. The van der Waals surface area contributed by atoms with Crippen molar-refractivity contribution >= 4 is 5.91 Å². The summed E-state index contributed by atoms with van der Waals surface area (Å²) in [7, 11) is 0. The lowest BCUT2D eigenvalue weighted by atomic mass is 10.3. The second-order valence-electron chi connectivity index (χ2n) is 4.06. The number of amides is 1.